The van der Waals surface area contributed by atoms with E-state index in [1.165, 1.54) is 17.2 Å². The van der Waals surface area contributed by atoms with Gasteiger partial charge < -0.3 is 25.2 Å². The Hall–Kier alpha value is -6.44. The van der Waals surface area contributed by atoms with E-state index in [0.29, 0.717) is 64.9 Å². The van der Waals surface area contributed by atoms with Crippen LogP contribution in [0.2, 0.25) is 0 Å². The van der Waals surface area contributed by atoms with Crippen LogP contribution in [0.25, 0.3) is 11.0 Å². The number of amides is 2. The molecule has 0 spiro atoms. The Balaban J connectivity index is 0.000000213. The highest BCUT2D eigenvalue weighted by atomic mass is 19.4. The van der Waals surface area contributed by atoms with Crippen molar-refractivity contribution in [1.82, 2.24) is 29.2 Å². The number of nitrogens with zero attached hydrogens (tertiary/aromatic N) is 6. The van der Waals surface area contributed by atoms with Crippen LogP contribution in [0, 0.1) is 11.8 Å². The van der Waals surface area contributed by atoms with Crippen molar-refractivity contribution in [2.45, 2.75) is 103 Å². The maximum absolute atomic E-state index is 15.2. The summed E-state index contributed by atoms with van der Waals surface area (Å²) in [7, 11) is 0. The molecular formula is C48H55F5N8O6. The predicted octanol–water partition coefficient (Wildman–Crippen LogP) is 9.69. The molecule has 0 radical (unpaired) electrons. The first-order valence-corrected chi connectivity index (χ1v) is 21.8. The van der Waals surface area contributed by atoms with Crippen molar-refractivity contribution < 1.29 is 50.9 Å². The lowest BCUT2D eigenvalue weighted by Gasteiger charge is -2.29. The Kier molecular flexibility index (Phi) is 16.9. The molecule has 2 amide bonds. The topological polar surface area (TPSA) is 174 Å². The number of alkyl halides is 5. The number of carbonyl (C=O) groups is 3. The lowest BCUT2D eigenvalue weighted by molar-refractivity contribution is -0.168. The van der Waals surface area contributed by atoms with Gasteiger partial charge in [-0.15, -0.1) is 6.58 Å². The number of fused-ring (bicyclic) bond motifs is 2. The summed E-state index contributed by atoms with van der Waals surface area (Å²) in [5.41, 5.74) is 1.58. The normalized spacial score (nSPS) is 24.3. The number of ether oxygens (including phenoxy) is 2. The van der Waals surface area contributed by atoms with E-state index in [1.807, 2.05) is 46.8 Å². The van der Waals surface area contributed by atoms with Gasteiger partial charge in [0.05, 0.1) is 29.2 Å². The van der Waals surface area contributed by atoms with E-state index >= 15 is 8.78 Å². The number of rotatable bonds is 10. The minimum atomic E-state index is -4.64. The highest BCUT2D eigenvalue weighted by Crippen LogP contribution is 2.49. The molecule has 67 heavy (non-hydrogen) atoms. The standard InChI is InChI=1S/C22H23FN4O2.C21H23FN4O3.C3H3F3O.C2H6/c1-4-22(5-2)14(3)18(23)19(29-22)16-11-12-17-20(24-13-25-27(16)17)26-21(28)15-9-7-6-8-10-15;1-3-21(11-27)13(2)17(22)18(29-21)15-9-10-16-19(23-12-24-26(15)16)25-20(28)14-7-5-4-6-8-14;1-2(7)3(4,5)6;1-2/h4,6-14,18-19H,1,5H2,2-3H3,(H,24,25,26,28);4-10,12-13,17-18,27H,3,11H2,1-2H3,(H,23,24,25,28);1H3;1-2H3/t14-,18+,19-,22+;13-,17+,18-,21-;;/m00../s1. The third-order valence-corrected chi connectivity index (χ3v) is 12.1. The van der Waals surface area contributed by atoms with E-state index in [0.717, 1.165) is 0 Å². The zero-order valence-corrected chi connectivity index (χ0v) is 38.2. The van der Waals surface area contributed by atoms with Gasteiger partial charge in [0.2, 0.25) is 5.78 Å². The van der Waals surface area contributed by atoms with Gasteiger partial charge in [0, 0.05) is 29.9 Å². The van der Waals surface area contributed by atoms with E-state index in [2.05, 4.69) is 37.4 Å². The monoisotopic (exact) mass is 934 g/mol. The molecule has 2 aliphatic heterocycles. The summed E-state index contributed by atoms with van der Waals surface area (Å²) in [4.78, 5) is 42.7. The second-order valence-electron chi connectivity index (χ2n) is 15.7. The summed E-state index contributed by atoms with van der Waals surface area (Å²) in [6, 6.07) is 24.6. The van der Waals surface area contributed by atoms with Crippen molar-refractivity contribution in [3.05, 3.63) is 133 Å². The van der Waals surface area contributed by atoms with Crippen molar-refractivity contribution in [3.8, 4) is 0 Å². The van der Waals surface area contributed by atoms with Crippen molar-refractivity contribution in [1.29, 1.82) is 0 Å². The number of anilines is 2. The number of hydrogen-bond donors (Lipinski definition) is 3. The Morgan fingerprint density at radius 2 is 1.15 bits per heavy atom. The van der Waals surface area contributed by atoms with Crippen molar-refractivity contribution in [2.75, 3.05) is 17.2 Å². The van der Waals surface area contributed by atoms with Crippen LogP contribution in [0.4, 0.5) is 33.6 Å². The molecule has 8 atom stereocenters. The molecule has 0 unspecified atom stereocenters. The number of Topliss-reactive ketones (excluding diaryl/α,β-unsaturated/α-hetero) is 1. The average Bonchev–Trinajstić information content (AvgIpc) is 4.10. The predicted molar refractivity (Wildman–Crippen MR) is 242 cm³/mol. The molecule has 2 aliphatic rings. The van der Waals surface area contributed by atoms with Gasteiger partial charge in [-0.2, -0.15) is 23.4 Å². The number of aliphatic hydroxyl groups is 1. The zero-order valence-electron chi connectivity index (χ0n) is 38.2. The van der Waals surface area contributed by atoms with E-state index in [4.69, 9.17) is 9.47 Å². The summed E-state index contributed by atoms with van der Waals surface area (Å²) in [5, 5.41) is 23.9. The van der Waals surface area contributed by atoms with Crippen molar-refractivity contribution >= 4 is 40.3 Å². The molecule has 14 nitrogen and oxygen atoms in total. The van der Waals surface area contributed by atoms with Crippen LogP contribution in [0.15, 0.2) is 110 Å². The van der Waals surface area contributed by atoms with Gasteiger partial charge in [-0.05, 0) is 61.4 Å². The van der Waals surface area contributed by atoms with Gasteiger partial charge in [-0.25, -0.2) is 27.8 Å². The Morgan fingerprint density at radius 1 is 0.731 bits per heavy atom. The van der Waals surface area contributed by atoms with Crippen LogP contribution < -0.4 is 10.6 Å². The summed E-state index contributed by atoms with van der Waals surface area (Å²) in [6.45, 7) is 15.5. The Labute approximate surface area is 384 Å². The minimum absolute atomic E-state index is 0.252. The fourth-order valence-corrected chi connectivity index (χ4v) is 7.92. The van der Waals surface area contributed by atoms with Gasteiger partial charge in [-0.3, -0.25) is 14.4 Å². The number of aliphatic hydroxyl groups excluding tert-OH is 1. The van der Waals surface area contributed by atoms with Crippen LogP contribution in [0.5, 0.6) is 0 Å². The third-order valence-electron chi connectivity index (χ3n) is 12.1. The molecule has 19 heteroatoms. The fraction of sp³-hybridized carbons (Fsp3) is 0.396. The molecule has 0 saturated carbocycles. The molecule has 0 bridgehead atoms. The molecule has 0 aliphatic carbocycles. The quantitative estimate of drug-likeness (QED) is 0.0887. The number of halogens is 5. The maximum Gasteiger partial charge on any atom is 0.449 e. The highest BCUT2D eigenvalue weighted by Gasteiger charge is 2.54. The first kappa shape index (κ1) is 51.5. The van der Waals surface area contributed by atoms with Crippen molar-refractivity contribution in [2.24, 2.45) is 11.8 Å². The largest absolute Gasteiger partial charge is 0.449 e. The molecule has 6 heterocycles. The van der Waals surface area contributed by atoms with E-state index < -0.39 is 53.6 Å². The maximum atomic E-state index is 15.2. The number of aromatic nitrogens is 6. The number of hydrogen-bond acceptors (Lipinski definition) is 10. The highest BCUT2D eigenvalue weighted by molar-refractivity contribution is 6.06. The first-order valence-electron chi connectivity index (χ1n) is 21.8. The molecule has 3 N–H and O–H groups in total. The van der Waals surface area contributed by atoms with Gasteiger partial charge in [0.25, 0.3) is 11.8 Å². The Morgan fingerprint density at radius 3 is 1.49 bits per heavy atom. The lowest BCUT2D eigenvalue weighted by atomic mass is 9.85. The average molecular weight is 935 g/mol. The van der Waals surface area contributed by atoms with Crippen LogP contribution in [0.1, 0.15) is 106 Å². The smallest absolute Gasteiger partial charge is 0.393 e. The van der Waals surface area contributed by atoms with Crippen LogP contribution in [-0.2, 0) is 14.3 Å². The van der Waals surface area contributed by atoms with E-state index in [9.17, 15) is 32.7 Å². The molecule has 6 aromatic rings. The summed E-state index contributed by atoms with van der Waals surface area (Å²) >= 11 is 0. The molecule has 2 aromatic carbocycles. The van der Waals surface area contributed by atoms with Crippen LogP contribution >= 0.6 is 0 Å². The molecule has 358 valence electrons. The number of nitrogens with one attached hydrogen (secondary N) is 2. The van der Waals surface area contributed by atoms with Crippen LogP contribution in [0.3, 0.4) is 0 Å². The van der Waals surface area contributed by atoms with Crippen molar-refractivity contribution in [3.63, 3.8) is 0 Å². The molecule has 8 rings (SSSR count). The molecule has 2 fully saturated rings. The SMILES string of the molecule is C=C[C@]1(CC)O[C@@H](c2ccc3c(NC(=O)c4ccccc4)ncnn23)[C@H](F)[C@@H]1C.CC.CC(=O)C(F)(F)F.CC[C@@]1(CO)O[C@@H](c2ccc3c(NC(=O)c4ccccc4)ncnn23)[C@H](F)[C@@H]1C. The lowest BCUT2D eigenvalue weighted by Crippen LogP contribution is -2.39. The second kappa shape index (κ2) is 21.9. The minimum Gasteiger partial charge on any atom is -0.393 e. The van der Waals surface area contributed by atoms with Gasteiger partial charge >= 0.3 is 6.18 Å². The zero-order chi connectivity index (χ0) is 49.3. The van der Waals surface area contributed by atoms with Gasteiger partial charge in [0.1, 0.15) is 48.2 Å². The summed E-state index contributed by atoms with van der Waals surface area (Å²) in [5.74, 6) is -2.45. The van der Waals surface area contributed by atoms with Gasteiger partial charge in [0.15, 0.2) is 11.6 Å². The summed E-state index contributed by atoms with van der Waals surface area (Å²) in [6.07, 6.45) is -3.32. The van der Waals surface area contributed by atoms with Crippen LogP contribution in [-0.4, -0.2) is 88.2 Å². The Bertz CT molecular complexity index is 2620. The molecular weight excluding hydrogens is 880 g/mol. The number of carbonyl (C=O) groups excluding carboxylic acids is 3. The van der Waals surface area contributed by atoms with E-state index in [1.54, 1.807) is 90.3 Å². The molecule has 4 aromatic heterocycles. The first-order chi connectivity index (χ1) is 31.9. The summed E-state index contributed by atoms with van der Waals surface area (Å²) < 4.78 is 78.1. The fourth-order valence-electron chi connectivity index (χ4n) is 7.92. The van der Waals surface area contributed by atoms with Gasteiger partial charge in [-0.1, -0.05) is 84.0 Å². The molecule has 2 saturated heterocycles. The number of ketones is 1. The third kappa shape index (κ3) is 10.7. The van der Waals surface area contributed by atoms with E-state index in [-0.39, 0.29) is 24.3 Å². The number of benzene rings is 2. The second-order valence-corrected chi connectivity index (χ2v) is 15.7.